The van der Waals surface area contributed by atoms with Crippen molar-refractivity contribution in [1.29, 1.82) is 5.26 Å². The van der Waals surface area contributed by atoms with E-state index in [2.05, 4.69) is 23.0 Å². The van der Waals surface area contributed by atoms with Crippen LogP contribution in [0, 0.1) is 24.2 Å². The number of fused-ring (bicyclic) bond motifs is 1. The largest absolute Gasteiger partial charge is 0.368 e. The molecule has 9 nitrogen and oxygen atoms in total. The van der Waals surface area contributed by atoms with Gasteiger partial charge in [0.15, 0.2) is 11.6 Å². The molecule has 0 bridgehead atoms. The molecule has 2 N–H and O–H groups in total. The maximum Gasteiger partial charge on any atom is 0.284 e. The summed E-state index contributed by atoms with van der Waals surface area (Å²) < 4.78 is 3.10. The molecule has 0 saturated carbocycles. The molecule has 4 heterocycles. The number of hydrogen-bond donors (Lipinski definition) is 1. The Kier molecular flexibility index (Phi) is 4.65. The molecule has 0 amide bonds. The zero-order valence-corrected chi connectivity index (χ0v) is 19.1. The molecule has 33 heavy (non-hydrogen) atoms. The first-order valence-electron chi connectivity index (χ1n) is 10.4. The van der Waals surface area contributed by atoms with Gasteiger partial charge in [-0.25, -0.2) is 9.50 Å². The highest BCUT2D eigenvalue weighted by Gasteiger charge is 2.53. The van der Waals surface area contributed by atoms with E-state index < -0.39 is 5.54 Å². The van der Waals surface area contributed by atoms with Gasteiger partial charge in [-0.1, -0.05) is 36.7 Å². The second-order valence-electron chi connectivity index (χ2n) is 8.39. The normalized spacial score (nSPS) is 20.0. The second-order valence-corrected chi connectivity index (χ2v) is 8.80. The molecule has 4 aromatic rings. The highest BCUT2D eigenvalue weighted by atomic mass is 35.5. The number of para-hydroxylation sites is 1. The molecule has 10 heteroatoms. The first-order chi connectivity index (χ1) is 15.8. The quantitative estimate of drug-likeness (QED) is 0.499. The van der Waals surface area contributed by atoms with Gasteiger partial charge in [0.05, 0.1) is 16.4 Å². The van der Waals surface area contributed by atoms with Crippen LogP contribution < -0.4 is 16.2 Å². The van der Waals surface area contributed by atoms with Crippen molar-refractivity contribution >= 4 is 28.9 Å². The number of nitrogens with zero attached hydrogens (tertiary/aromatic N) is 7. The molecule has 166 valence electrons. The van der Waals surface area contributed by atoms with Crippen LogP contribution in [0.5, 0.6) is 0 Å². The fourth-order valence-corrected chi connectivity index (χ4v) is 4.75. The van der Waals surface area contributed by atoms with Gasteiger partial charge < -0.3 is 10.6 Å². The smallest absolute Gasteiger partial charge is 0.284 e. The number of nitrogen functional groups attached to an aromatic ring is 1. The predicted molar refractivity (Wildman–Crippen MR) is 126 cm³/mol. The number of hydrogen-bond acceptors (Lipinski definition) is 7. The van der Waals surface area contributed by atoms with Crippen LogP contribution in [0.3, 0.4) is 0 Å². The number of aromatic nitrogens is 5. The SMILES string of the molecule is Cc1nc(N)nc(N2CC(C)C2(C)c2nn3ccc(Cl)c3c(=O)n2-c2ccccc2)c1C#N. The minimum absolute atomic E-state index is 0.0875. The van der Waals surface area contributed by atoms with E-state index in [0.29, 0.717) is 45.7 Å². The summed E-state index contributed by atoms with van der Waals surface area (Å²) in [5.41, 5.74) is 6.71. The van der Waals surface area contributed by atoms with Crippen LogP contribution in [0.25, 0.3) is 11.2 Å². The number of aryl methyl sites for hydroxylation is 1. The zero-order chi connectivity index (χ0) is 23.5. The van der Waals surface area contributed by atoms with E-state index in [4.69, 9.17) is 22.4 Å². The summed E-state index contributed by atoms with van der Waals surface area (Å²) in [7, 11) is 0. The van der Waals surface area contributed by atoms with E-state index >= 15 is 0 Å². The molecular weight excluding hydrogens is 440 g/mol. The number of nitriles is 1. The highest BCUT2D eigenvalue weighted by Crippen LogP contribution is 2.47. The van der Waals surface area contributed by atoms with Crippen molar-refractivity contribution in [3.63, 3.8) is 0 Å². The molecule has 5 rings (SSSR count). The third-order valence-corrected chi connectivity index (χ3v) is 6.84. The van der Waals surface area contributed by atoms with Crippen LogP contribution >= 0.6 is 11.6 Å². The van der Waals surface area contributed by atoms with E-state index in [1.165, 1.54) is 4.52 Å². The Balaban J connectivity index is 1.82. The number of halogens is 1. The lowest BCUT2D eigenvalue weighted by molar-refractivity contribution is 0.176. The molecule has 1 aliphatic rings. The lowest BCUT2D eigenvalue weighted by atomic mass is 9.75. The van der Waals surface area contributed by atoms with Crippen LogP contribution in [-0.2, 0) is 5.54 Å². The summed E-state index contributed by atoms with van der Waals surface area (Å²) in [5.74, 6) is 1.12. The topological polar surface area (TPSA) is 118 Å². The predicted octanol–water partition coefficient (Wildman–Crippen LogP) is 3.06. The number of nitrogens with two attached hydrogens (primary N) is 1. The number of rotatable bonds is 3. The van der Waals surface area contributed by atoms with Crippen LogP contribution in [-0.4, -0.2) is 30.7 Å². The lowest BCUT2D eigenvalue weighted by Crippen LogP contribution is -2.65. The van der Waals surface area contributed by atoms with Gasteiger partial charge >= 0.3 is 0 Å². The molecule has 2 atom stereocenters. The van der Waals surface area contributed by atoms with Gasteiger partial charge in [0.1, 0.15) is 22.7 Å². The summed E-state index contributed by atoms with van der Waals surface area (Å²) in [6, 6.07) is 13.2. The van der Waals surface area contributed by atoms with Gasteiger partial charge in [0, 0.05) is 18.7 Å². The fraction of sp³-hybridized carbons (Fsp3) is 0.261. The van der Waals surface area contributed by atoms with Gasteiger partial charge in [-0.15, -0.1) is 0 Å². The van der Waals surface area contributed by atoms with Crippen molar-refractivity contribution in [2.75, 3.05) is 17.2 Å². The van der Waals surface area contributed by atoms with Crippen molar-refractivity contribution in [3.8, 4) is 11.8 Å². The molecule has 1 fully saturated rings. The fourth-order valence-electron chi connectivity index (χ4n) is 4.52. The van der Waals surface area contributed by atoms with Gasteiger partial charge in [-0.05, 0) is 32.0 Å². The Morgan fingerprint density at radius 3 is 2.64 bits per heavy atom. The van der Waals surface area contributed by atoms with Gasteiger partial charge in [0.2, 0.25) is 5.95 Å². The third-order valence-electron chi connectivity index (χ3n) is 6.54. The Bertz CT molecular complexity index is 1500. The van der Waals surface area contributed by atoms with Crippen LogP contribution in [0.4, 0.5) is 11.8 Å². The summed E-state index contributed by atoms with van der Waals surface area (Å²) in [4.78, 5) is 24.2. The second kappa shape index (κ2) is 7.32. The lowest BCUT2D eigenvalue weighted by Gasteiger charge is -2.56. The first kappa shape index (κ1) is 21.0. The van der Waals surface area contributed by atoms with Crippen molar-refractivity contribution in [2.24, 2.45) is 5.92 Å². The third kappa shape index (κ3) is 2.91. The van der Waals surface area contributed by atoms with Gasteiger partial charge in [-0.3, -0.25) is 9.36 Å². The minimum atomic E-state index is -0.765. The maximum absolute atomic E-state index is 13.7. The van der Waals surface area contributed by atoms with E-state index in [9.17, 15) is 10.1 Å². The molecule has 0 spiro atoms. The van der Waals surface area contributed by atoms with E-state index in [1.54, 1.807) is 23.8 Å². The first-order valence-corrected chi connectivity index (χ1v) is 10.8. The Hall–Kier alpha value is -3.90. The van der Waals surface area contributed by atoms with E-state index in [0.717, 1.165) is 0 Å². The Labute approximate surface area is 194 Å². The maximum atomic E-state index is 13.7. The molecule has 0 aliphatic carbocycles. The molecule has 1 saturated heterocycles. The Morgan fingerprint density at radius 1 is 1.24 bits per heavy atom. The summed E-state index contributed by atoms with van der Waals surface area (Å²) in [6.07, 6.45) is 1.67. The zero-order valence-electron chi connectivity index (χ0n) is 18.3. The minimum Gasteiger partial charge on any atom is -0.368 e. The van der Waals surface area contributed by atoms with Crippen LogP contribution in [0.15, 0.2) is 47.4 Å². The Morgan fingerprint density at radius 2 is 1.97 bits per heavy atom. The molecule has 2 unspecified atom stereocenters. The average molecular weight is 461 g/mol. The van der Waals surface area contributed by atoms with E-state index in [1.807, 2.05) is 42.2 Å². The summed E-state index contributed by atoms with van der Waals surface area (Å²) >= 11 is 6.33. The summed E-state index contributed by atoms with van der Waals surface area (Å²) in [6.45, 7) is 6.41. The average Bonchev–Trinajstić information content (AvgIpc) is 3.17. The standard InChI is InChI=1S/C23H21ClN8O/c1-13-12-30(19-16(11-25)14(2)27-22(26)28-19)23(13,3)21-29-31-10-9-17(24)18(31)20(33)32(21)15-7-5-4-6-8-15/h4-10,13H,12H2,1-3H3,(H2,26,27,28). The van der Waals surface area contributed by atoms with Gasteiger partial charge in [0.25, 0.3) is 5.56 Å². The van der Waals surface area contributed by atoms with Crippen molar-refractivity contribution < 1.29 is 0 Å². The number of anilines is 2. The monoisotopic (exact) mass is 460 g/mol. The summed E-state index contributed by atoms with van der Waals surface area (Å²) in [5, 5.41) is 15.0. The van der Waals surface area contributed by atoms with Crippen molar-refractivity contribution in [1.82, 2.24) is 24.1 Å². The molecule has 1 aliphatic heterocycles. The molecular formula is C23H21ClN8O. The van der Waals surface area contributed by atoms with E-state index in [-0.39, 0.29) is 17.4 Å². The highest BCUT2D eigenvalue weighted by molar-refractivity contribution is 6.33. The van der Waals surface area contributed by atoms with Crippen LogP contribution in [0.2, 0.25) is 5.02 Å². The van der Waals surface area contributed by atoms with Crippen molar-refractivity contribution in [3.05, 3.63) is 75.1 Å². The van der Waals surface area contributed by atoms with Gasteiger partial charge in [-0.2, -0.15) is 15.3 Å². The molecule has 0 radical (unpaired) electrons. The number of benzene rings is 1. The van der Waals surface area contributed by atoms with Crippen LogP contribution in [0.1, 0.15) is 30.9 Å². The van der Waals surface area contributed by atoms with Crippen molar-refractivity contribution in [2.45, 2.75) is 26.3 Å². The molecule has 3 aromatic heterocycles. The molecule has 1 aromatic carbocycles.